The van der Waals surface area contributed by atoms with Crippen LogP contribution in [0.2, 0.25) is 0 Å². The fraction of sp³-hybridized carbons (Fsp3) is 0.455. The largest absolute Gasteiger partial charge is 0.397 e. The van der Waals surface area contributed by atoms with Gasteiger partial charge in [-0.3, -0.25) is 0 Å². The minimum atomic E-state index is -0.907. The van der Waals surface area contributed by atoms with Crippen LogP contribution in [0.15, 0.2) is 12.1 Å². The quantitative estimate of drug-likeness (QED) is 0.833. The highest BCUT2D eigenvalue weighted by Gasteiger charge is 2.15. The number of nitrogens with one attached hydrogen (secondary N) is 1. The molecule has 17 heavy (non-hydrogen) atoms. The van der Waals surface area contributed by atoms with Gasteiger partial charge in [0.15, 0.2) is 11.6 Å². The smallest absolute Gasteiger partial charge is 0.161 e. The normalized spacial score (nSPS) is 20.2. The predicted octanol–water partition coefficient (Wildman–Crippen LogP) is 2.81. The van der Waals surface area contributed by atoms with Gasteiger partial charge >= 0.3 is 0 Å². The van der Waals surface area contributed by atoms with Crippen LogP contribution < -0.4 is 11.1 Å². The van der Waals surface area contributed by atoms with Crippen LogP contribution in [0, 0.1) is 11.6 Å². The van der Waals surface area contributed by atoms with Crippen LogP contribution in [0.1, 0.15) is 0 Å². The van der Waals surface area contributed by atoms with E-state index in [1.165, 1.54) is 5.75 Å². The summed E-state index contributed by atoms with van der Waals surface area (Å²) in [6, 6.07) is 2.13. The third-order valence-electron chi connectivity index (χ3n) is 2.50. The summed E-state index contributed by atoms with van der Waals surface area (Å²) < 4.78 is 25.9. The summed E-state index contributed by atoms with van der Waals surface area (Å²) in [6.45, 7) is 0.729. The molecule has 0 bridgehead atoms. The van der Waals surface area contributed by atoms with Crippen LogP contribution >= 0.6 is 23.5 Å². The molecule has 0 saturated carbocycles. The van der Waals surface area contributed by atoms with Crippen LogP contribution in [0.25, 0.3) is 0 Å². The fourth-order valence-electron chi connectivity index (χ4n) is 1.59. The third-order valence-corrected chi connectivity index (χ3v) is 5.34. The zero-order chi connectivity index (χ0) is 12.3. The van der Waals surface area contributed by atoms with E-state index in [4.69, 9.17) is 5.73 Å². The zero-order valence-corrected chi connectivity index (χ0v) is 10.8. The second-order valence-corrected chi connectivity index (χ2v) is 6.36. The van der Waals surface area contributed by atoms with E-state index in [-0.39, 0.29) is 5.69 Å². The van der Waals surface area contributed by atoms with Gasteiger partial charge in [-0.05, 0) is 0 Å². The summed E-state index contributed by atoms with van der Waals surface area (Å²) in [5.41, 5.74) is 6.34. The highest BCUT2D eigenvalue weighted by atomic mass is 32.2. The highest BCUT2D eigenvalue weighted by Crippen LogP contribution is 2.26. The topological polar surface area (TPSA) is 38.0 Å². The number of thioether (sulfide) groups is 2. The van der Waals surface area contributed by atoms with Gasteiger partial charge in [0.05, 0.1) is 11.4 Å². The van der Waals surface area contributed by atoms with E-state index in [1.807, 2.05) is 23.5 Å². The van der Waals surface area contributed by atoms with E-state index in [1.54, 1.807) is 0 Å². The molecule has 0 aromatic heterocycles. The second-order valence-electron chi connectivity index (χ2n) is 3.80. The van der Waals surface area contributed by atoms with E-state index in [0.29, 0.717) is 10.9 Å². The highest BCUT2D eigenvalue weighted by molar-refractivity contribution is 8.06. The van der Waals surface area contributed by atoms with Crippen molar-refractivity contribution >= 4 is 34.9 Å². The molecule has 1 aromatic carbocycles. The summed E-state index contributed by atoms with van der Waals surface area (Å²) >= 11 is 3.83. The van der Waals surface area contributed by atoms with E-state index < -0.39 is 11.6 Å². The monoisotopic (exact) mass is 276 g/mol. The number of anilines is 2. The molecule has 1 aromatic rings. The van der Waals surface area contributed by atoms with E-state index >= 15 is 0 Å². The number of benzene rings is 1. The Labute approximate surface area is 108 Å². The fourth-order valence-corrected chi connectivity index (χ4v) is 4.21. The van der Waals surface area contributed by atoms with Gasteiger partial charge in [0.2, 0.25) is 0 Å². The van der Waals surface area contributed by atoms with Gasteiger partial charge in [0, 0.05) is 41.2 Å². The molecule has 0 radical (unpaired) electrons. The van der Waals surface area contributed by atoms with Gasteiger partial charge in [-0.1, -0.05) is 0 Å². The average molecular weight is 276 g/mol. The summed E-state index contributed by atoms with van der Waals surface area (Å²) in [6.07, 6.45) is 0. The Bertz CT molecular complexity index is 395. The Morgan fingerprint density at radius 1 is 1.29 bits per heavy atom. The van der Waals surface area contributed by atoms with Gasteiger partial charge in [-0.2, -0.15) is 23.5 Å². The number of nitrogen functional groups attached to an aromatic ring is 1. The summed E-state index contributed by atoms with van der Waals surface area (Å²) in [7, 11) is 0. The molecule has 1 fully saturated rings. The first-order chi connectivity index (χ1) is 8.16. The maximum absolute atomic E-state index is 13.0. The summed E-state index contributed by atoms with van der Waals surface area (Å²) in [4.78, 5) is 0. The minimum Gasteiger partial charge on any atom is -0.397 e. The van der Waals surface area contributed by atoms with E-state index in [0.717, 1.165) is 30.2 Å². The standard InChI is InChI=1S/C11H14F2N2S2/c12-8-3-10(14)11(4-9(8)13)15-5-7-6-16-1-2-17-7/h3-4,7,15H,1-2,5-6,14H2. The number of hydrogen-bond acceptors (Lipinski definition) is 4. The molecule has 1 unspecified atom stereocenters. The van der Waals surface area contributed by atoms with Gasteiger partial charge < -0.3 is 11.1 Å². The Balaban J connectivity index is 1.96. The Morgan fingerprint density at radius 2 is 2.06 bits per heavy atom. The van der Waals surface area contributed by atoms with Crippen LogP contribution in [0.4, 0.5) is 20.2 Å². The van der Waals surface area contributed by atoms with E-state index in [2.05, 4.69) is 5.32 Å². The van der Waals surface area contributed by atoms with Gasteiger partial charge in [0.25, 0.3) is 0 Å². The second kappa shape index (κ2) is 5.82. The maximum Gasteiger partial charge on any atom is 0.161 e. The van der Waals surface area contributed by atoms with Gasteiger partial charge in [-0.15, -0.1) is 0 Å². The molecule has 2 nitrogen and oxygen atoms in total. The van der Waals surface area contributed by atoms with Crippen molar-refractivity contribution in [3.8, 4) is 0 Å². The van der Waals surface area contributed by atoms with Gasteiger partial charge in [0.1, 0.15) is 0 Å². The molecule has 0 spiro atoms. The SMILES string of the molecule is Nc1cc(F)c(F)cc1NCC1CSCCS1. The minimum absolute atomic E-state index is 0.248. The molecule has 3 N–H and O–H groups in total. The van der Waals surface area contributed by atoms with E-state index in [9.17, 15) is 8.78 Å². The van der Waals surface area contributed by atoms with Crippen molar-refractivity contribution < 1.29 is 8.78 Å². The molecule has 1 saturated heterocycles. The first-order valence-electron chi connectivity index (χ1n) is 5.34. The Hall–Kier alpha value is -0.620. The van der Waals surface area contributed by atoms with Crippen molar-refractivity contribution in [2.75, 3.05) is 34.9 Å². The molecule has 1 atom stereocenters. The number of rotatable bonds is 3. The van der Waals surface area contributed by atoms with Crippen LogP contribution in [-0.4, -0.2) is 29.1 Å². The summed E-state index contributed by atoms with van der Waals surface area (Å²) in [5.74, 6) is 1.64. The zero-order valence-electron chi connectivity index (χ0n) is 9.21. The Morgan fingerprint density at radius 3 is 2.76 bits per heavy atom. The first-order valence-corrected chi connectivity index (χ1v) is 7.55. The molecule has 94 valence electrons. The lowest BCUT2D eigenvalue weighted by molar-refractivity contribution is 0.509. The van der Waals surface area contributed by atoms with Crippen molar-refractivity contribution in [3.63, 3.8) is 0 Å². The van der Waals surface area contributed by atoms with Crippen LogP contribution in [0.3, 0.4) is 0 Å². The lowest BCUT2D eigenvalue weighted by Gasteiger charge is -2.22. The maximum atomic E-state index is 13.0. The predicted molar refractivity (Wildman–Crippen MR) is 72.8 cm³/mol. The Kier molecular flexibility index (Phi) is 4.39. The molecule has 0 aliphatic carbocycles. The first kappa shape index (κ1) is 12.8. The summed E-state index contributed by atoms with van der Waals surface area (Å²) in [5, 5.41) is 3.59. The molecule has 2 rings (SSSR count). The number of halogens is 2. The molecular formula is C11H14F2N2S2. The molecule has 1 heterocycles. The molecule has 1 aliphatic heterocycles. The van der Waals surface area contributed by atoms with Crippen LogP contribution in [0.5, 0.6) is 0 Å². The lowest BCUT2D eigenvalue weighted by Crippen LogP contribution is -2.23. The van der Waals surface area contributed by atoms with Crippen molar-refractivity contribution in [1.29, 1.82) is 0 Å². The van der Waals surface area contributed by atoms with Crippen molar-refractivity contribution in [3.05, 3.63) is 23.8 Å². The molecule has 6 heteroatoms. The molecular weight excluding hydrogens is 262 g/mol. The van der Waals surface area contributed by atoms with Crippen LogP contribution in [-0.2, 0) is 0 Å². The lowest BCUT2D eigenvalue weighted by atomic mass is 10.2. The number of nitrogens with two attached hydrogens (primary N) is 1. The average Bonchev–Trinajstić information content (AvgIpc) is 2.33. The van der Waals surface area contributed by atoms with Crippen molar-refractivity contribution in [2.45, 2.75) is 5.25 Å². The molecule has 0 amide bonds. The van der Waals surface area contributed by atoms with Crippen molar-refractivity contribution in [2.24, 2.45) is 0 Å². The molecule has 1 aliphatic rings. The third kappa shape index (κ3) is 3.42. The van der Waals surface area contributed by atoms with Crippen molar-refractivity contribution in [1.82, 2.24) is 0 Å². The number of hydrogen-bond donors (Lipinski definition) is 2. The van der Waals surface area contributed by atoms with Gasteiger partial charge in [-0.25, -0.2) is 8.78 Å².